The lowest BCUT2D eigenvalue weighted by Gasteiger charge is -2.43. The van der Waals surface area contributed by atoms with Crippen LogP contribution in [0.25, 0.3) is 10.6 Å². The number of nitrogens with one attached hydrogen (secondary N) is 2. The molecule has 16 heteroatoms. The van der Waals surface area contributed by atoms with E-state index >= 15 is 0 Å². The highest BCUT2D eigenvalue weighted by atomic mass is 32.2. The van der Waals surface area contributed by atoms with Crippen molar-refractivity contribution in [3.63, 3.8) is 0 Å². The van der Waals surface area contributed by atoms with E-state index in [0.29, 0.717) is 23.7 Å². The maximum atomic E-state index is 12.4. The lowest BCUT2D eigenvalue weighted by molar-refractivity contribution is -0.143. The number of thiazole rings is 1. The van der Waals surface area contributed by atoms with Gasteiger partial charge in [0.2, 0.25) is 6.41 Å². The molecule has 31 heavy (non-hydrogen) atoms. The van der Waals surface area contributed by atoms with Crippen molar-refractivity contribution in [1.29, 1.82) is 0 Å². The molecule has 2 aromatic heterocycles. The fourth-order valence-electron chi connectivity index (χ4n) is 2.95. The second-order valence-electron chi connectivity index (χ2n) is 6.63. The second kappa shape index (κ2) is 9.06. The van der Waals surface area contributed by atoms with Crippen molar-refractivity contribution in [3.8, 4) is 10.6 Å². The van der Waals surface area contributed by atoms with E-state index in [4.69, 9.17) is 16.0 Å². The number of aromatic nitrogens is 3. The van der Waals surface area contributed by atoms with E-state index in [1.54, 1.807) is 17.1 Å². The summed E-state index contributed by atoms with van der Waals surface area (Å²) in [7, 11) is -4.83. The molecule has 7 N–H and O–H groups in total. The third kappa shape index (κ3) is 4.88. The summed E-state index contributed by atoms with van der Waals surface area (Å²) >= 11 is 1.07. The van der Waals surface area contributed by atoms with Crippen molar-refractivity contribution in [1.82, 2.24) is 29.7 Å². The number of β-lactam (4-membered cyclic amide) rings is 1. The minimum absolute atomic E-state index is 0.201. The highest BCUT2D eigenvalue weighted by Gasteiger charge is 2.53. The minimum atomic E-state index is -4.83. The van der Waals surface area contributed by atoms with E-state index in [1.165, 1.54) is 6.20 Å². The van der Waals surface area contributed by atoms with Gasteiger partial charge in [-0.3, -0.25) is 23.6 Å². The van der Waals surface area contributed by atoms with Crippen LogP contribution in [0, 0.1) is 0 Å². The van der Waals surface area contributed by atoms with Crippen LogP contribution in [0.1, 0.15) is 9.67 Å². The fraction of sp³-hybridized carbons (Fsp3) is 0.400. The Morgan fingerprint density at radius 3 is 2.81 bits per heavy atom. The van der Waals surface area contributed by atoms with Crippen LogP contribution in [0.15, 0.2) is 18.6 Å². The first-order valence-corrected chi connectivity index (χ1v) is 11.1. The number of hydrogen-bond donors (Lipinski definition) is 5. The van der Waals surface area contributed by atoms with Gasteiger partial charge in [-0.15, -0.1) is 11.3 Å². The Kier molecular flexibility index (Phi) is 6.65. The lowest BCUT2D eigenvalue weighted by atomic mass is 9.99. The first-order valence-electron chi connectivity index (χ1n) is 8.88. The molecule has 3 amide bonds. The topological polar surface area (TPSA) is 216 Å². The predicted octanol–water partition coefficient (Wildman–Crippen LogP) is -2.85. The Labute approximate surface area is 180 Å². The molecule has 0 bridgehead atoms. The van der Waals surface area contributed by atoms with Crippen molar-refractivity contribution >= 4 is 39.9 Å². The van der Waals surface area contributed by atoms with E-state index in [-0.39, 0.29) is 28.2 Å². The van der Waals surface area contributed by atoms with Gasteiger partial charge in [0.1, 0.15) is 15.9 Å². The van der Waals surface area contributed by atoms with E-state index < -0.39 is 34.2 Å². The van der Waals surface area contributed by atoms with Crippen molar-refractivity contribution in [2.45, 2.75) is 24.7 Å². The summed E-state index contributed by atoms with van der Waals surface area (Å²) in [5.74, 6) is -1.57. The molecule has 0 aliphatic carbocycles. The molecule has 3 heterocycles. The maximum absolute atomic E-state index is 12.4. The molecule has 0 spiro atoms. The third-order valence-corrected chi connectivity index (χ3v) is 6.46. The van der Waals surface area contributed by atoms with Crippen molar-refractivity contribution in [2.24, 2.45) is 11.5 Å². The molecular weight excluding hydrogens is 452 g/mol. The van der Waals surface area contributed by atoms with E-state index in [0.717, 1.165) is 11.3 Å². The summed E-state index contributed by atoms with van der Waals surface area (Å²) in [6, 6.07) is -2.58. The number of hydrogen-bond acceptors (Lipinski definition) is 10. The highest BCUT2D eigenvalue weighted by Crippen LogP contribution is 2.26. The summed E-state index contributed by atoms with van der Waals surface area (Å²) in [5.41, 5.74) is 12.0. The Hall–Kier alpha value is -2.92. The zero-order valence-electron chi connectivity index (χ0n) is 15.9. The number of carbonyl (C=O) groups is 3. The normalized spacial score (nSPS) is 19.6. The average Bonchev–Trinajstić information content (AvgIpc) is 3.37. The summed E-state index contributed by atoms with van der Waals surface area (Å²) in [4.78, 5) is 39.3. The number of carbonyl (C=O) groups excluding carboxylic acids is 3. The highest BCUT2D eigenvalue weighted by molar-refractivity contribution is 7.84. The van der Waals surface area contributed by atoms with Crippen LogP contribution in [-0.4, -0.2) is 81.5 Å². The standard InChI is InChI=1S/C15H20N8O6S2/c16-1-9(17)6-22-5-8(2-21-22)14-19-4-11(30-14)13(25)18-3-10-12(20-7-24)15(26)23(10)31(27,28)29/h2,4-5,7,9-10,12H,1,3,6,16-17H2,(H,18,25)(H,20,24)(H,27,28,29). The minimum Gasteiger partial charge on any atom is -0.349 e. The van der Waals surface area contributed by atoms with Gasteiger partial charge >= 0.3 is 10.3 Å². The molecule has 2 aromatic rings. The van der Waals surface area contributed by atoms with E-state index in [1.807, 2.05) is 0 Å². The Bertz CT molecular complexity index is 1080. The van der Waals surface area contributed by atoms with Crippen LogP contribution in [0.4, 0.5) is 0 Å². The van der Waals surface area contributed by atoms with Crippen LogP contribution in [0.3, 0.4) is 0 Å². The van der Waals surface area contributed by atoms with Crippen LogP contribution in [-0.2, 0) is 26.4 Å². The molecule has 168 valence electrons. The van der Waals surface area contributed by atoms with E-state index in [2.05, 4.69) is 20.7 Å². The SMILES string of the molecule is NCC(N)Cn1cc(-c2ncc(C(=O)NCC3C(NC=O)C(=O)N3S(=O)(=O)O)s2)cn1. The molecule has 1 saturated heterocycles. The Morgan fingerprint density at radius 2 is 2.16 bits per heavy atom. The van der Waals surface area contributed by atoms with Gasteiger partial charge in [-0.2, -0.15) is 13.5 Å². The van der Waals surface area contributed by atoms with E-state index in [9.17, 15) is 22.8 Å². The third-order valence-electron chi connectivity index (χ3n) is 4.47. The number of rotatable bonds is 10. The van der Waals surface area contributed by atoms with Crippen molar-refractivity contribution < 1.29 is 27.4 Å². The largest absolute Gasteiger partial charge is 0.362 e. The first-order chi connectivity index (χ1) is 14.7. The Balaban J connectivity index is 1.64. The molecule has 1 aliphatic rings. The summed E-state index contributed by atoms with van der Waals surface area (Å²) in [6.45, 7) is 0.412. The molecule has 14 nitrogen and oxygen atoms in total. The summed E-state index contributed by atoms with van der Waals surface area (Å²) in [5, 5.41) is 9.32. The van der Waals surface area contributed by atoms with Gasteiger partial charge in [-0.05, 0) is 0 Å². The number of nitrogens with zero attached hydrogens (tertiary/aromatic N) is 4. The maximum Gasteiger partial charge on any atom is 0.362 e. The quantitative estimate of drug-likeness (QED) is 0.135. The van der Waals surface area contributed by atoms with Crippen molar-refractivity contribution in [3.05, 3.63) is 23.5 Å². The van der Waals surface area contributed by atoms with Gasteiger partial charge in [0, 0.05) is 30.9 Å². The monoisotopic (exact) mass is 472 g/mol. The van der Waals surface area contributed by atoms with Crippen LogP contribution in [0.2, 0.25) is 0 Å². The lowest BCUT2D eigenvalue weighted by Crippen LogP contribution is -2.73. The smallest absolute Gasteiger partial charge is 0.349 e. The molecule has 3 rings (SSSR count). The molecule has 3 unspecified atom stereocenters. The molecule has 0 radical (unpaired) electrons. The van der Waals surface area contributed by atoms with Gasteiger partial charge in [0.25, 0.3) is 11.8 Å². The van der Waals surface area contributed by atoms with Crippen LogP contribution in [0.5, 0.6) is 0 Å². The van der Waals surface area contributed by atoms with Gasteiger partial charge in [-0.25, -0.2) is 9.29 Å². The summed E-state index contributed by atoms with van der Waals surface area (Å²) in [6.07, 6.45) is 4.86. The van der Waals surface area contributed by atoms with Gasteiger partial charge in [-0.1, -0.05) is 0 Å². The number of nitrogens with two attached hydrogens (primary N) is 2. The fourth-order valence-corrected chi connectivity index (χ4v) is 4.63. The van der Waals surface area contributed by atoms with Gasteiger partial charge < -0.3 is 22.1 Å². The zero-order valence-corrected chi connectivity index (χ0v) is 17.5. The van der Waals surface area contributed by atoms with Gasteiger partial charge in [0.05, 0.1) is 25.0 Å². The molecule has 1 aliphatic heterocycles. The molecule has 3 atom stereocenters. The average molecular weight is 473 g/mol. The molecule has 0 saturated carbocycles. The first kappa shape index (κ1) is 22.8. The summed E-state index contributed by atoms with van der Waals surface area (Å²) < 4.78 is 33.7. The molecular formula is C15H20N8O6S2. The van der Waals surface area contributed by atoms with Crippen molar-refractivity contribution in [2.75, 3.05) is 13.1 Å². The Morgan fingerprint density at radius 1 is 1.42 bits per heavy atom. The molecule has 1 fully saturated rings. The molecule has 0 aromatic carbocycles. The second-order valence-corrected chi connectivity index (χ2v) is 8.95. The van der Waals surface area contributed by atoms with Crippen LogP contribution < -0.4 is 22.1 Å². The number of amides is 3. The predicted molar refractivity (Wildman–Crippen MR) is 108 cm³/mol. The van der Waals surface area contributed by atoms with Crippen LogP contribution >= 0.6 is 11.3 Å². The van der Waals surface area contributed by atoms with Gasteiger partial charge in [0.15, 0.2) is 0 Å². The zero-order chi connectivity index (χ0) is 22.8.